The van der Waals surface area contributed by atoms with Gasteiger partial charge in [0.05, 0.1) is 5.60 Å². The summed E-state index contributed by atoms with van der Waals surface area (Å²) < 4.78 is 0. The Bertz CT molecular complexity index is 245. The molecule has 0 aliphatic heterocycles. The van der Waals surface area contributed by atoms with Crippen molar-refractivity contribution in [3.8, 4) is 0 Å². The van der Waals surface area contributed by atoms with Crippen LogP contribution in [0.1, 0.15) is 40.0 Å². The summed E-state index contributed by atoms with van der Waals surface area (Å²) in [6, 6.07) is 0.197. The van der Waals surface area contributed by atoms with E-state index >= 15 is 0 Å². The average molecular weight is 276 g/mol. The maximum absolute atomic E-state index is 11.8. The zero-order valence-corrected chi connectivity index (χ0v) is 12.8. The van der Waals surface area contributed by atoms with E-state index < -0.39 is 5.60 Å². The van der Waals surface area contributed by atoms with Crippen LogP contribution in [0.4, 0.5) is 0 Å². The molecule has 18 heavy (non-hydrogen) atoms. The molecule has 0 aromatic carbocycles. The number of amides is 1. The minimum atomic E-state index is -0.833. The second-order valence-corrected chi connectivity index (χ2v) is 6.32. The smallest absolute Gasteiger partial charge is 0.222 e. The van der Waals surface area contributed by atoms with Crippen LogP contribution >= 0.6 is 11.8 Å². The largest absolute Gasteiger partial charge is 0.387 e. The number of carbonyl (C=O) groups excluding carboxylic acids is 1. The molecule has 0 rings (SSSR count). The van der Waals surface area contributed by atoms with Crippen molar-refractivity contribution < 1.29 is 9.90 Å². The van der Waals surface area contributed by atoms with Gasteiger partial charge in [-0.1, -0.05) is 13.3 Å². The molecule has 5 heteroatoms. The van der Waals surface area contributed by atoms with Gasteiger partial charge in [-0.3, -0.25) is 4.79 Å². The molecule has 108 valence electrons. The first-order chi connectivity index (χ1) is 8.28. The molecule has 0 fully saturated rings. The van der Waals surface area contributed by atoms with E-state index in [1.165, 1.54) is 0 Å². The Morgan fingerprint density at radius 2 is 2.06 bits per heavy atom. The second kappa shape index (κ2) is 8.77. The topological polar surface area (TPSA) is 75.3 Å². The number of nitrogens with two attached hydrogens (primary N) is 1. The third kappa shape index (κ3) is 8.78. The number of hydrogen-bond acceptors (Lipinski definition) is 4. The van der Waals surface area contributed by atoms with Crippen molar-refractivity contribution in [2.45, 2.75) is 51.7 Å². The normalized spacial score (nSPS) is 17.9. The summed E-state index contributed by atoms with van der Waals surface area (Å²) in [6.45, 7) is 5.94. The molecule has 4 N–H and O–H groups in total. The number of thioether (sulfide) groups is 1. The lowest BCUT2D eigenvalue weighted by Crippen LogP contribution is -2.44. The molecule has 0 aromatic heterocycles. The predicted molar refractivity (Wildman–Crippen MR) is 78.7 cm³/mol. The summed E-state index contributed by atoms with van der Waals surface area (Å²) >= 11 is 1.57. The van der Waals surface area contributed by atoms with E-state index in [4.69, 9.17) is 5.73 Å². The van der Waals surface area contributed by atoms with Crippen LogP contribution in [0.5, 0.6) is 0 Å². The Labute approximate surface area is 115 Å². The highest BCUT2D eigenvalue weighted by atomic mass is 32.2. The maximum atomic E-state index is 11.8. The van der Waals surface area contributed by atoms with Gasteiger partial charge in [0.25, 0.3) is 0 Å². The summed E-state index contributed by atoms with van der Waals surface area (Å²) in [5.41, 5.74) is 4.84. The molecule has 4 nitrogen and oxygen atoms in total. The van der Waals surface area contributed by atoms with Crippen molar-refractivity contribution in [2.75, 3.05) is 18.6 Å². The standard InChI is InChI=1S/C13H28N2O2S/c1-10(6-5-7-11(2)14)12(16)15-8-13(3,17)9-18-4/h10-11,17H,5-9,14H2,1-4H3,(H,15,16). The molecule has 0 spiro atoms. The third-order valence-corrected chi connectivity index (χ3v) is 3.75. The molecular formula is C13H28N2O2S. The Morgan fingerprint density at radius 3 is 2.56 bits per heavy atom. The molecule has 1 amide bonds. The molecule has 0 heterocycles. The highest BCUT2D eigenvalue weighted by molar-refractivity contribution is 7.98. The summed E-state index contributed by atoms with van der Waals surface area (Å²) in [6.07, 6.45) is 4.69. The Balaban J connectivity index is 3.87. The van der Waals surface area contributed by atoms with Crippen molar-refractivity contribution in [3.63, 3.8) is 0 Å². The number of rotatable bonds is 9. The number of nitrogens with one attached hydrogen (secondary N) is 1. The first-order valence-corrected chi connectivity index (χ1v) is 7.92. The Morgan fingerprint density at radius 1 is 1.44 bits per heavy atom. The third-order valence-electron chi connectivity index (χ3n) is 2.84. The van der Waals surface area contributed by atoms with Gasteiger partial charge in [0.15, 0.2) is 0 Å². The Kier molecular flexibility index (Phi) is 8.65. The van der Waals surface area contributed by atoms with Crippen LogP contribution in [0.15, 0.2) is 0 Å². The highest BCUT2D eigenvalue weighted by Crippen LogP contribution is 2.11. The molecule has 0 bridgehead atoms. The van der Waals surface area contributed by atoms with Gasteiger partial charge in [-0.05, 0) is 32.9 Å². The Hall–Kier alpha value is -0.260. The second-order valence-electron chi connectivity index (χ2n) is 5.46. The fraction of sp³-hybridized carbons (Fsp3) is 0.923. The first kappa shape index (κ1) is 17.7. The van der Waals surface area contributed by atoms with Crippen molar-refractivity contribution in [2.24, 2.45) is 11.7 Å². The summed E-state index contributed by atoms with van der Waals surface area (Å²) in [7, 11) is 0. The van der Waals surface area contributed by atoms with Gasteiger partial charge in [-0.15, -0.1) is 0 Å². The van der Waals surface area contributed by atoms with E-state index in [2.05, 4.69) is 5.32 Å². The van der Waals surface area contributed by atoms with E-state index in [-0.39, 0.29) is 17.9 Å². The van der Waals surface area contributed by atoms with Crippen LogP contribution in [0.2, 0.25) is 0 Å². The van der Waals surface area contributed by atoms with E-state index in [9.17, 15) is 9.90 Å². The minimum Gasteiger partial charge on any atom is -0.387 e. The molecule has 3 atom stereocenters. The van der Waals surface area contributed by atoms with Gasteiger partial charge < -0.3 is 16.2 Å². The van der Waals surface area contributed by atoms with Gasteiger partial charge in [0.1, 0.15) is 0 Å². The molecule has 0 aromatic rings. The van der Waals surface area contributed by atoms with Gasteiger partial charge in [-0.2, -0.15) is 11.8 Å². The van der Waals surface area contributed by atoms with Gasteiger partial charge >= 0.3 is 0 Å². The maximum Gasteiger partial charge on any atom is 0.222 e. The zero-order valence-electron chi connectivity index (χ0n) is 12.0. The summed E-state index contributed by atoms with van der Waals surface area (Å²) in [5.74, 6) is 0.613. The molecular weight excluding hydrogens is 248 g/mol. The van der Waals surface area contributed by atoms with Crippen LogP contribution in [0, 0.1) is 5.92 Å². The van der Waals surface area contributed by atoms with Gasteiger partial charge in [0, 0.05) is 24.3 Å². The molecule has 3 unspecified atom stereocenters. The fourth-order valence-corrected chi connectivity index (χ4v) is 2.41. The van der Waals surface area contributed by atoms with Crippen molar-refractivity contribution in [1.29, 1.82) is 0 Å². The van der Waals surface area contributed by atoms with Crippen LogP contribution in [-0.2, 0) is 4.79 Å². The minimum absolute atomic E-state index is 0.0149. The van der Waals surface area contributed by atoms with Gasteiger partial charge in [0.2, 0.25) is 5.91 Å². The SMILES string of the molecule is CSCC(C)(O)CNC(=O)C(C)CCCC(C)N. The lowest BCUT2D eigenvalue weighted by atomic mass is 10.0. The zero-order chi connectivity index (χ0) is 14.2. The summed E-state index contributed by atoms with van der Waals surface area (Å²) in [4.78, 5) is 11.8. The average Bonchev–Trinajstić information content (AvgIpc) is 2.25. The van der Waals surface area contributed by atoms with E-state index in [0.717, 1.165) is 19.3 Å². The molecule has 0 aliphatic carbocycles. The lowest BCUT2D eigenvalue weighted by molar-refractivity contribution is -0.125. The molecule has 0 radical (unpaired) electrons. The van der Waals surface area contributed by atoms with E-state index in [1.54, 1.807) is 18.7 Å². The van der Waals surface area contributed by atoms with Crippen molar-refractivity contribution in [3.05, 3.63) is 0 Å². The van der Waals surface area contributed by atoms with E-state index in [1.807, 2.05) is 20.1 Å². The van der Waals surface area contributed by atoms with E-state index in [0.29, 0.717) is 12.3 Å². The summed E-state index contributed by atoms with van der Waals surface area (Å²) in [5, 5.41) is 12.8. The monoisotopic (exact) mass is 276 g/mol. The number of carbonyl (C=O) groups is 1. The molecule has 0 aliphatic rings. The van der Waals surface area contributed by atoms with Crippen molar-refractivity contribution >= 4 is 17.7 Å². The predicted octanol–water partition coefficient (Wildman–Crippen LogP) is 1.37. The number of aliphatic hydroxyl groups is 1. The highest BCUT2D eigenvalue weighted by Gasteiger charge is 2.22. The van der Waals surface area contributed by atoms with Crippen LogP contribution in [0.3, 0.4) is 0 Å². The first-order valence-electron chi connectivity index (χ1n) is 6.53. The van der Waals surface area contributed by atoms with Crippen LogP contribution in [0.25, 0.3) is 0 Å². The van der Waals surface area contributed by atoms with Gasteiger partial charge in [-0.25, -0.2) is 0 Å². The lowest BCUT2D eigenvalue weighted by Gasteiger charge is -2.23. The van der Waals surface area contributed by atoms with Crippen molar-refractivity contribution in [1.82, 2.24) is 5.32 Å². The van der Waals surface area contributed by atoms with Crippen LogP contribution < -0.4 is 11.1 Å². The number of hydrogen-bond donors (Lipinski definition) is 3. The molecule has 0 saturated carbocycles. The fourth-order valence-electron chi connectivity index (χ4n) is 1.69. The quantitative estimate of drug-likeness (QED) is 0.594. The molecule has 0 saturated heterocycles. The van der Waals surface area contributed by atoms with Crippen LogP contribution in [-0.4, -0.2) is 41.2 Å².